The zero-order chi connectivity index (χ0) is 15.9. The van der Waals surface area contributed by atoms with Gasteiger partial charge in [0.25, 0.3) is 0 Å². The molecule has 1 saturated carbocycles. The van der Waals surface area contributed by atoms with Crippen LogP contribution in [0.4, 0.5) is 17.6 Å². The number of ether oxygens (including phenoxy) is 1. The topological polar surface area (TPSA) is 63.6 Å². The summed E-state index contributed by atoms with van der Waals surface area (Å²) in [5, 5.41) is 8.75. The number of carbonyl (C=O) groups is 2. The molecule has 0 aromatic heterocycles. The van der Waals surface area contributed by atoms with Crippen LogP contribution in [-0.2, 0) is 14.9 Å². The Bertz CT molecular complexity index is 609. The van der Waals surface area contributed by atoms with Gasteiger partial charge in [-0.1, -0.05) is 0 Å². The number of hydrogen-bond acceptors (Lipinski definition) is 3. The van der Waals surface area contributed by atoms with Gasteiger partial charge >= 0.3 is 11.9 Å². The van der Waals surface area contributed by atoms with Crippen LogP contribution in [0.1, 0.15) is 35.2 Å². The summed E-state index contributed by atoms with van der Waals surface area (Å²) >= 11 is 0. The molecule has 0 atom stereocenters. The molecule has 0 amide bonds. The highest BCUT2D eigenvalue weighted by atomic mass is 19.2. The molecule has 4 nitrogen and oxygen atoms in total. The summed E-state index contributed by atoms with van der Waals surface area (Å²) < 4.78 is 59.7. The van der Waals surface area contributed by atoms with Crippen LogP contribution in [0, 0.1) is 23.3 Å². The molecule has 1 fully saturated rings. The minimum Gasteiger partial charge on any atom is -0.481 e. The molecule has 8 heteroatoms. The van der Waals surface area contributed by atoms with E-state index in [1.807, 2.05) is 0 Å². The van der Waals surface area contributed by atoms with Crippen molar-refractivity contribution in [1.29, 1.82) is 0 Å². The molecule has 0 radical (unpaired) electrons. The number of carboxylic acids is 1. The van der Waals surface area contributed by atoms with E-state index in [-0.39, 0.29) is 12.8 Å². The van der Waals surface area contributed by atoms with E-state index in [0.29, 0.717) is 0 Å². The van der Waals surface area contributed by atoms with Gasteiger partial charge in [-0.2, -0.15) is 0 Å². The van der Waals surface area contributed by atoms with Gasteiger partial charge in [0.1, 0.15) is 5.56 Å². The first-order valence-electron chi connectivity index (χ1n) is 5.91. The lowest BCUT2D eigenvalue weighted by Gasteiger charge is -2.17. The Morgan fingerprint density at radius 3 is 1.90 bits per heavy atom. The van der Waals surface area contributed by atoms with Crippen molar-refractivity contribution < 1.29 is 37.0 Å². The zero-order valence-electron chi connectivity index (χ0n) is 10.8. The van der Waals surface area contributed by atoms with Crippen LogP contribution in [0.3, 0.4) is 0 Å². The first-order chi connectivity index (χ1) is 9.75. The zero-order valence-corrected chi connectivity index (χ0v) is 10.8. The average Bonchev–Trinajstić information content (AvgIpc) is 3.16. The summed E-state index contributed by atoms with van der Waals surface area (Å²) in [6.07, 6.45) is -0.482. The number of aliphatic carboxylic acids is 1. The lowest BCUT2D eigenvalue weighted by molar-refractivity contribution is -0.137. The fourth-order valence-corrected chi connectivity index (χ4v) is 2.33. The normalized spacial score (nSPS) is 15.7. The highest BCUT2D eigenvalue weighted by Gasteiger charge is 2.51. The molecule has 0 spiro atoms. The SMILES string of the molecule is COC(=O)c1c(F)c(F)c(C2(CC(=O)O)CC2)c(F)c1F. The van der Waals surface area contributed by atoms with Crippen molar-refractivity contribution in [1.82, 2.24) is 0 Å². The molecule has 2 rings (SSSR count). The Hall–Kier alpha value is -2.12. The standard InChI is InChI=1S/C13H10F4O4/c1-21-12(20)6-8(14)10(16)7(11(17)9(6)15)13(2-3-13)4-5(18)19/h2-4H2,1H3,(H,18,19). The van der Waals surface area contributed by atoms with Gasteiger partial charge in [0.15, 0.2) is 23.3 Å². The number of carboxylic acid groups (broad SMARTS) is 1. The predicted molar refractivity (Wildman–Crippen MR) is 60.8 cm³/mol. The van der Waals surface area contributed by atoms with Crippen molar-refractivity contribution in [3.8, 4) is 0 Å². The van der Waals surface area contributed by atoms with Crippen molar-refractivity contribution in [3.63, 3.8) is 0 Å². The van der Waals surface area contributed by atoms with Gasteiger partial charge in [0, 0.05) is 11.0 Å². The van der Waals surface area contributed by atoms with E-state index in [2.05, 4.69) is 4.74 Å². The summed E-state index contributed by atoms with van der Waals surface area (Å²) in [7, 11) is 0.803. The molecule has 0 bridgehead atoms. The molecule has 1 aliphatic carbocycles. The smallest absolute Gasteiger partial charge is 0.344 e. The Morgan fingerprint density at radius 2 is 1.57 bits per heavy atom. The van der Waals surface area contributed by atoms with Crippen molar-refractivity contribution in [3.05, 3.63) is 34.4 Å². The molecule has 1 aromatic carbocycles. The quantitative estimate of drug-likeness (QED) is 0.527. The van der Waals surface area contributed by atoms with Crippen LogP contribution >= 0.6 is 0 Å². The van der Waals surface area contributed by atoms with Gasteiger partial charge in [-0.3, -0.25) is 4.79 Å². The van der Waals surface area contributed by atoms with Crippen LogP contribution in [0.15, 0.2) is 0 Å². The maximum Gasteiger partial charge on any atom is 0.344 e. The van der Waals surface area contributed by atoms with Gasteiger partial charge in [-0.25, -0.2) is 22.4 Å². The van der Waals surface area contributed by atoms with Crippen LogP contribution in [-0.4, -0.2) is 24.2 Å². The fourth-order valence-electron chi connectivity index (χ4n) is 2.33. The summed E-state index contributed by atoms with van der Waals surface area (Å²) in [5.41, 5.74) is -3.91. The molecule has 21 heavy (non-hydrogen) atoms. The number of hydrogen-bond donors (Lipinski definition) is 1. The number of methoxy groups -OCH3 is 1. The van der Waals surface area contributed by atoms with Gasteiger partial charge in [-0.05, 0) is 12.8 Å². The minimum absolute atomic E-state index is 0.0869. The van der Waals surface area contributed by atoms with Crippen molar-refractivity contribution in [2.45, 2.75) is 24.7 Å². The third kappa shape index (κ3) is 2.34. The average molecular weight is 306 g/mol. The summed E-state index contributed by atoms with van der Waals surface area (Å²) in [6, 6.07) is 0. The van der Waals surface area contributed by atoms with Crippen LogP contribution in [0.2, 0.25) is 0 Å². The number of benzene rings is 1. The van der Waals surface area contributed by atoms with Gasteiger partial charge in [0.2, 0.25) is 0 Å². The lowest BCUT2D eigenvalue weighted by atomic mass is 9.90. The molecule has 0 aliphatic heterocycles. The fraction of sp³-hybridized carbons (Fsp3) is 0.385. The highest BCUT2D eigenvalue weighted by molar-refractivity contribution is 5.90. The Kier molecular flexibility index (Phi) is 3.65. The largest absolute Gasteiger partial charge is 0.481 e. The summed E-state index contributed by atoms with van der Waals surface area (Å²) in [5.74, 6) is -10.2. The molecular formula is C13H10F4O4. The van der Waals surface area contributed by atoms with Crippen molar-refractivity contribution in [2.24, 2.45) is 0 Å². The van der Waals surface area contributed by atoms with Crippen LogP contribution in [0.5, 0.6) is 0 Å². The van der Waals surface area contributed by atoms with Crippen LogP contribution < -0.4 is 0 Å². The minimum atomic E-state index is -1.88. The first-order valence-corrected chi connectivity index (χ1v) is 5.91. The molecule has 0 unspecified atom stereocenters. The molecular weight excluding hydrogens is 296 g/mol. The van der Waals surface area contributed by atoms with E-state index >= 15 is 0 Å². The number of esters is 1. The Labute approximate surface area is 116 Å². The van der Waals surface area contributed by atoms with E-state index in [0.717, 1.165) is 7.11 Å². The highest BCUT2D eigenvalue weighted by Crippen LogP contribution is 2.53. The number of carbonyl (C=O) groups excluding carboxylic acids is 1. The number of rotatable bonds is 4. The van der Waals surface area contributed by atoms with Gasteiger partial charge in [-0.15, -0.1) is 0 Å². The van der Waals surface area contributed by atoms with Crippen LogP contribution in [0.25, 0.3) is 0 Å². The molecule has 0 heterocycles. The summed E-state index contributed by atoms with van der Waals surface area (Å²) in [4.78, 5) is 21.9. The van der Waals surface area contributed by atoms with Gasteiger partial charge < -0.3 is 9.84 Å². The van der Waals surface area contributed by atoms with Gasteiger partial charge in [0.05, 0.1) is 13.5 Å². The first kappa shape index (κ1) is 15.3. The predicted octanol–water partition coefficient (Wildman–Crippen LogP) is 2.54. The molecule has 0 saturated heterocycles. The van der Waals surface area contributed by atoms with Crippen molar-refractivity contribution >= 4 is 11.9 Å². The Balaban J connectivity index is 2.66. The summed E-state index contributed by atoms with van der Waals surface area (Å²) in [6.45, 7) is 0. The van der Waals surface area contributed by atoms with E-state index in [1.165, 1.54) is 0 Å². The monoisotopic (exact) mass is 306 g/mol. The third-order valence-electron chi connectivity index (χ3n) is 3.53. The lowest BCUT2D eigenvalue weighted by Crippen LogP contribution is -2.22. The number of halogens is 4. The second kappa shape index (κ2) is 5.01. The third-order valence-corrected chi connectivity index (χ3v) is 3.53. The maximum absolute atomic E-state index is 14.0. The second-order valence-corrected chi connectivity index (χ2v) is 4.85. The van der Waals surface area contributed by atoms with E-state index < -0.39 is 58.2 Å². The maximum atomic E-state index is 14.0. The van der Waals surface area contributed by atoms with E-state index in [4.69, 9.17) is 5.11 Å². The van der Waals surface area contributed by atoms with E-state index in [9.17, 15) is 27.2 Å². The molecule has 1 aromatic rings. The van der Waals surface area contributed by atoms with E-state index in [1.54, 1.807) is 0 Å². The van der Waals surface area contributed by atoms with Crippen molar-refractivity contribution in [2.75, 3.05) is 7.11 Å². The molecule has 1 N–H and O–H groups in total. The molecule has 114 valence electrons. The molecule has 1 aliphatic rings. The second-order valence-electron chi connectivity index (χ2n) is 4.85. The Morgan fingerprint density at radius 1 is 1.10 bits per heavy atom.